The van der Waals surface area contributed by atoms with Crippen molar-refractivity contribution in [1.29, 1.82) is 0 Å². The van der Waals surface area contributed by atoms with E-state index >= 15 is 0 Å². The molecule has 0 unspecified atom stereocenters. The van der Waals surface area contributed by atoms with Crippen molar-refractivity contribution >= 4 is 0 Å². The van der Waals surface area contributed by atoms with Gasteiger partial charge in [-0.05, 0) is 46.6 Å². The second-order valence-electron chi connectivity index (χ2n) is 7.53. The minimum Gasteiger partial charge on any atom is -0.366 e. The van der Waals surface area contributed by atoms with Crippen molar-refractivity contribution < 1.29 is 24.4 Å². The predicted octanol–water partition coefficient (Wildman–Crippen LogP) is 1.84. The molecule has 112 valence electrons. The first-order chi connectivity index (χ1) is 9.17. The maximum atomic E-state index is 10.9. The quantitative estimate of drug-likeness (QED) is 0.417. The van der Waals surface area contributed by atoms with Crippen LogP contribution >= 0.6 is 0 Å². The van der Waals surface area contributed by atoms with Crippen LogP contribution in [0.1, 0.15) is 47.0 Å². The molecule has 3 aliphatic heterocycles. The van der Waals surface area contributed by atoms with Crippen LogP contribution in [-0.2, 0) is 19.2 Å². The smallest absolute Gasteiger partial charge is 0.227 e. The third-order valence-electron chi connectivity index (χ3n) is 5.25. The van der Waals surface area contributed by atoms with E-state index in [0.717, 1.165) is 18.4 Å². The maximum Gasteiger partial charge on any atom is 0.227 e. The van der Waals surface area contributed by atoms with Crippen LogP contribution in [0.4, 0.5) is 0 Å². The Balaban J connectivity index is 1.75. The van der Waals surface area contributed by atoms with Crippen molar-refractivity contribution in [3.63, 3.8) is 0 Å². The van der Waals surface area contributed by atoms with Crippen LogP contribution in [-0.4, -0.2) is 39.9 Å². The van der Waals surface area contributed by atoms with Crippen LogP contribution in [0.15, 0.2) is 11.6 Å². The highest BCUT2D eigenvalue weighted by Gasteiger charge is 2.64. The lowest BCUT2D eigenvalue weighted by Crippen LogP contribution is -2.39. The van der Waals surface area contributed by atoms with Gasteiger partial charge in [-0.1, -0.05) is 0 Å². The zero-order valence-electron chi connectivity index (χ0n) is 12.4. The number of rotatable bonds is 0. The fraction of sp³-hybridized carbons (Fsp3) is 0.867. The summed E-state index contributed by atoms with van der Waals surface area (Å²) in [7, 11) is 0. The predicted molar refractivity (Wildman–Crippen MR) is 69.7 cm³/mol. The Bertz CT molecular complexity index is 500. The molecule has 5 nitrogen and oxygen atoms in total. The summed E-state index contributed by atoms with van der Waals surface area (Å²) in [6.07, 6.45) is 4.49. The third kappa shape index (κ3) is 1.74. The molecule has 1 N–H and O–H groups in total. The summed E-state index contributed by atoms with van der Waals surface area (Å²) in [6, 6.07) is 0. The first-order valence-electron chi connectivity index (χ1n) is 7.35. The molecule has 4 rings (SSSR count). The molecule has 20 heavy (non-hydrogen) atoms. The Morgan fingerprint density at radius 2 is 1.85 bits per heavy atom. The van der Waals surface area contributed by atoms with E-state index < -0.39 is 11.4 Å². The summed E-state index contributed by atoms with van der Waals surface area (Å²) < 4.78 is 11.6. The summed E-state index contributed by atoms with van der Waals surface area (Å²) in [5.41, 5.74) is -0.385. The van der Waals surface area contributed by atoms with Gasteiger partial charge in [0.15, 0.2) is 0 Å². The van der Waals surface area contributed by atoms with E-state index in [4.69, 9.17) is 19.2 Å². The zero-order valence-corrected chi connectivity index (χ0v) is 12.4. The molecule has 3 heterocycles. The van der Waals surface area contributed by atoms with E-state index in [1.165, 1.54) is 0 Å². The van der Waals surface area contributed by atoms with Crippen LogP contribution < -0.4 is 0 Å². The van der Waals surface area contributed by atoms with Gasteiger partial charge in [-0.15, -0.1) is 0 Å². The van der Waals surface area contributed by atoms with Crippen molar-refractivity contribution in [3.05, 3.63) is 11.6 Å². The van der Waals surface area contributed by atoms with Crippen LogP contribution in [0.25, 0.3) is 0 Å². The molecule has 0 radical (unpaired) electrons. The molecule has 0 aromatic rings. The van der Waals surface area contributed by atoms with Crippen LogP contribution in [0.2, 0.25) is 0 Å². The number of aliphatic hydroxyl groups is 1. The van der Waals surface area contributed by atoms with Crippen molar-refractivity contribution in [1.82, 2.24) is 0 Å². The Morgan fingerprint density at radius 1 is 1.10 bits per heavy atom. The molecule has 5 atom stereocenters. The Kier molecular flexibility index (Phi) is 2.29. The summed E-state index contributed by atoms with van der Waals surface area (Å²) in [5, 5.41) is 10.9. The Morgan fingerprint density at radius 3 is 2.60 bits per heavy atom. The lowest BCUT2D eigenvalue weighted by atomic mass is 9.81. The summed E-state index contributed by atoms with van der Waals surface area (Å²) in [6.45, 7) is 7.93. The number of hydrogen-bond acceptors (Lipinski definition) is 5. The summed E-state index contributed by atoms with van der Waals surface area (Å²) in [5.74, 6) is -1.42. The van der Waals surface area contributed by atoms with Gasteiger partial charge in [0, 0.05) is 12.0 Å². The number of ether oxygens (including phenoxy) is 2. The molecule has 0 saturated carbocycles. The first kappa shape index (κ1) is 13.2. The highest BCUT2D eigenvalue weighted by molar-refractivity contribution is 5.32. The monoisotopic (exact) mass is 282 g/mol. The number of fused-ring (bicyclic) bond motifs is 3. The van der Waals surface area contributed by atoms with Crippen molar-refractivity contribution in [3.8, 4) is 0 Å². The van der Waals surface area contributed by atoms with Gasteiger partial charge >= 0.3 is 0 Å². The maximum absolute atomic E-state index is 10.9. The second kappa shape index (κ2) is 3.47. The van der Waals surface area contributed by atoms with Crippen molar-refractivity contribution in [2.24, 2.45) is 0 Å². The molecule has 3 fully saturated rings. The lowest BCUT2D eigenvalue weighted by molar-refractivity contribution is -0.391. The highest BCUT2D eigenvalue weighted by atomic mass is 17.2. The largest absolute Gasteiger partial charge is 0.366 e. The van der Waals surface area contributed by atoms with Gasteiger partial charge in [0.05, 0.1) is 17.3 Å². The molecule has 0 aromatic heterocycles. The van der Waals surface area contributed by atoms with Crippen LogP contribution in [0.3, 0.4) is 0 Å². The molecule has 4 aliphatic rings. The molecule has 0 spiro atoms. The van der Waals surface area contributed by atoms with Gasteiger partial charge in [0.2, 0.25) is 5.79 Å². The normalized spacial score (nSPS) is 58.8. The topological polar surface area (TPSA) is 63.8 Å². The van der Waals surface area contributed by atoms with Crippen molar-refractivity contribution in [2.45, 2.75) is 81.8 Å². The molecule has 3 saturated heterocycles. The minimum atomic E-state index is -1.42. The van der Waals surface area contributed by atoms with Crippen LogP contribution in [0.5, 0.6) is 0 Å². The van der Waals surface area contributed by atoms with Crippen LogP contribution in [0, 0.1) is 0 Å². The molecular weight excluding hydrogens is 260 g/mol. The average molecular weight is 282 g/mol. The highest BCUT2D eigenvalue weighted by Crippen LogP contribution is 2.55. The molecule has 1 aliphatic carbocycles. The standard InChI is InChI=1S/C15H22O5/c1-12(2)9-7-11-13(3,18-11)6-5-10-14(4,17-10)8-15(9,16)20-19-12/h7,10-11,16H,5-6,8H2,1-4H3/b9-7-/t10-,11-,13-,14-,15-/m0/s1. The van der Waals surface area contributed by atoms with E-state index in [-0.39, 0.29) is 23.4 Å². The molecule has 0 bridgehead atoms. The number of epoxide rings is 2. The van der Waals surface area contributed by atoms with Gasteiger partial charge in [0.25, 0.3) is 0 Å². The van der Waals surface area contributed by atoms with E-state index in [0.29, 0.717) is 6.42 Å². The summed E-state index contributed by atoms with van der Waals surface area (Å²) >= 11 is 0. The molecule has 0 aromatic carbocycles. The van der Waals surface area contributed by atoms with E-state index in [1.807, 2.05) is 26.8 Å². The van der Waals surface area contributed by atoms with E-state index in [1.54, 1.807) is 0 Å². The van der Waals surface area contributed by atoms with Gasteiger partial charge in [0.1, 0.15) is 11.7 Å². The third-order valence-corrected chi connectivity index (χ3v) is 5.25. The van der Waals surface area contributed by atoms with Crippen molar-refractivity contribution in [2.75, 3.05) is 0 Å². The van der Waals surface area contributed by atoms with Gasteiger partial charge in [-0.2, -0.15) is 4.89 Å². The molecular formula is C15H22O5. The van der Waals surface area contributed by atoms with E-state index in [9.17, 15) is 5.11 Å². The minimum absolute atomic E-state index is 0.0247. The van der Waals surface area contributed by atoms with Gasteiger partial charge in [-0.25, -0.2) is 4.89 Å². The average Bonchev–Trinajstić information content (AvgIpc) is 3.15. The Labute approximate surface area is 118 Å². The molecule has 5 heteroatoms. The molecule has 0 amide bonds. The van der Waals surface area contributed by atoms with Gasteiger partial charge < -0.3 is 14.6 Å². The fourth-order valence-electron chi connectivity index (χ4n) is 3.71. The zero-order chi connectivity index (χ0) is 14.4. The Hall–Kier alpha value is -0.460. The SMILES string of the molecule is CC1(C)OO[C@@]2(O)C[C@]3(C)O[C@H]3CC[C@]3(C)O[C@H]3/C=C/12. The van der Waals surface area contributed by atoms with Gasteiger partial charge in [-0.3, -0.25) is 0 Å². The lowest BCUT2D eigenvalue weighted by Gasteiger charge is -2.26. The van der Waals surface area contributed by atoms with E-state index in [2.05, 4.69) is 6.92 Å². The fourth-order valence-corrected chi connectivity index (χ4v) is 3.71. The first-order valence-corrected chi connectivity index (χ1v) is 7.35. The number of hydrogen-bond donors (Lipinski definition) is 1. The summed E-state index contributed by atoms with van der Waals surface area (Å²) in [4.78, 5) is 10.7. The second-order valence-corrected chi connectivity index (χ2v) is 7.53.